The fraction of sp³-hybridized carbons (Fsp3) is 0. The van der Waals surface area contributed by atoms with Crippen LogP contribution >= 0.6 is 0 Å². The van der Waals surface area contributed by atoms with Crippen LogP contribution in [0.15, 0.2) is 12.1 Å². The predicted molar refractivity (Wildman–Crippen MR) is 34.4 cm³/mol. The number of nitrogens with two attached hydrogens (primary N) is 1. The number of hydrogen-bond acceptors (Lipinski definition) is 3. The van der Waals surface area contributed by atoms with Crippen molar-refractivity contribution >= 4 is 5.91 Å². The number of aromatic hydroxyl groups is 1. The van der Waals surface area contributed by atoms with Gasteiger partial charge in [-0.2, -0.15) is 9.37 Å². The van der Waals surface area contributed by atoms with E-state index in [1.165, 1.54) is 0 Å². The maximum Gasteiger partial charge on any atom is 0.254 e. The van der Waals surface area contributed by atoms with E-state index >= 15 is 0 Å². The molecule has 0 spiro atoms. The summed E-state index contributed by atoms with van der Waals surface area (Å²) < 4.78 is 12.2. The highest BCUT2D eigenvalue weighted by Crippen LogP contribution is 2.12. The molecule has 1 aromatic rings. The van der Waals surface area contributed by atoms with Gasteiger partial charge in [0.05, 0.1) is 0 Å². The zero-order valence-electron chi connectivity index (χ0n) is 5.41. The lowest BCUT2D eigenvalue weighted by atomic mass is 10.2. The zero-order valence-corrected chi connectivity index (χ0v) is 5.41. The topological polar surface area (TPSA) is 76.2 Å². The van der Waals surface area contributed by atoms with Gasteiger partial charge in [0.25, 0.3) is 5.91 Å². The van der Waals surface area contributed by atoms with Crippen molar-refractivity contribution in [3.05, 3.63) is 23.6 Å². The second-order valence-corrected chi connectivity index (χ2v) is 1.87. The van der Waals surface area contributed by atoms with Crippen LogP contribution in [0, 0.1) is 5.95 Å². The highest BCUT2D eigenvalue weighted by molar-refractivity contribution is 5.94. The van der Waals surface area contributed by atoms with Crippen LogP contribution in [0.1, 0.15) is 10.4 Å². The third-order valence-electron chi connectivity index (χ3n) is 1.11. The molecule has 0 aliphatic carbocycles. The normalized spacial score (nSPS) is 9.55. The second kappa shape index (κ2) is 2.53. The average molecular weight is 156 g/mol. The van der Waals surface area contributed by atoms with E-state index < -0.39 is 17.7 Å². The van der Waals surface area contributed by atoms with E-state index in [1.54, 1.807) is 0 Å². The van der Waals surface area contributed by atoms with Crippen molar-refractivity contribution in [1.82, 2.24) is 4.98 Å². The average Bonchev–Trinajstić information content (AvgIpc) is 1.85. The number of rotatable bonds is 1. The molecule has 1 aromatic heterocycles. The predicted octanol–water partition coefficient (Wildman–Crippen LogP) is 0.0252. The maximum absolute atomic E-state index is 12.2. The van der Waals surface area contributed by atoms with Crippen molar-refractivity contribution in [2.24, 2.45) is 5.73 Å². The fourth-order valence-electron chi connectivity index (χ4n) is 0.618. The molecular weight excluding hydrogens is 151 g/mol. The van der Waals surface area contributed by atoms with E-state index in [1.807, 2.05) is 0 Å². The van der Waals surface area contributed by atoms with E-state index in [4.69, 9.17) is 10.8 Å². The van der Waals surface area contributed by atoms with E-state index in [-0.39, 0.29) is 5.56 Å². The first-order valence-electron chi connectivity index (χ1n) is 2.76. The number of carbonyl (C=O) groups excluding carboxylic acids is 1. The van der Waals surface area contributed by atoms with Crippen molar-refractivity contribution < 1.29 is 14.3 Å². The molecule has 1 heterocycles. The van der Waals surface area contributed by atoms with Gasteiger partial charge in [-0.25, -0.2) is 0 Å². The number of nitrogens with zero attached hydrogens (tertiary/aromatic N) is 1. The second-order valence-electron chi connectivity index (χ2n) is 1.87. The summed E-state index contributed by atoms with van der Waals surface area (Å²) >= 11 is 0. The molecule has 0 fully saturated rings. The van der Waals surface area contributed by atoms with Gasteiger partial charge in [-0.15, -0.1) is 0 Å². The van der Waals surface area contributed by atoms with Gasteiger partial charge in [0.2, 0.25) is 11.8 Å². The van der Waals surface area contributed by atoms with Crippen molar-refractivity contribution in [3.63, 3.8) is 0 Å². The molecule has 3 N–H and O–H groups in total. The summed E-state index contributed by atoms with van der Waals surface area (Å²) in [6, 6.07) is 2.01. The summed E-state index contributed by atoms with van der Waals surface area (Å²) in [5, 5.41) is 8.81. The van der Waals surface area contributed by atoms with Crippen molar-refractivity contribution in [1.29, 1.82) is 0 Å². The molecule has 4 nitrogen and oxygen atoms in total. The molecule has 0 saturated heterocycles. The monoisotopic (exact) mass is 156 g/mol. The molecule has 58 valence electrons. The van der Waals surface area contributed by atoms with Crippen LogP contribution in [-0.4, -0.2) is 16.0 Å². The lowest BCUT2D eigenvalue weighted by molar-refractivity contribution is 0.0997. The molecule has 0 saturated carbocycles. The Morgan fingerprint density at radius 1 is 1.64 bits per heavy atom. The van der Waals surface area contributed by atoms with Gasteiger partial charge in [0.1, 0.15) is 5.56 Å². The first-order chi connectivity index (χ1) is 5.11. The maximum atomic E-state index is 12.2. The van der Waals surface area contributed by atoms with Crippen molar-refractivity contribution in [2.45, 2.75) is 0 Å². The summed E-state index contributed by atoms with van der Waals surface area (Å²) in [7, 11) is 0. The SMILES string of the molecule is NC(=O)c1ccc(F)nc1O. The van der Waals surface area contributed by atoms with Crippen LogP contribution in [0.5, 0.6) is 5.88 Å². The highest BCUT2D eigenvalue weighted by Gasteiger charge is 2.08. The number of halogens is 1. The van der Waals surface area contributed by atoms with Crippen LogP contribution in [0.3, 0.4) is 0 Å². The van der Waals surface area contributed by atoms with Crippen LogP contribution < -0.4 is 5.73 Å². The standard InChI is InChI=1S/C6H5FN2O2/c7-4-2-1-3(5(8)10)6(11)9-4/h1-2H,(H2,8,10)(H,9,11). The largest absolute Gasteiger partial charge is 0.493 e. The Kier molecular flexibility index (Phi) is 1.72. The number of carbonyl (C=O) groups is 1. The molecule has 1 amide bonds. The fourth-order valence-corrected chi connectivity index (χ4v) is 0.618. The first-order valence-corrected chi connectivity index (χ1v) is 2.76. The zero-order chi connectivity index (χ0) is 8.43. The quantitative estimate of drug-likeness (QED) is 0.563. The molecule has 0 bridgehead atoms. The van der Waals surface area contributed by atoms with E-state index in [0.29, 0.717) is 0 Å². The van der Waals surface area contributed by atoms with Gasteiger partial charge in [0.15, 0.2) is 0 Å². The van der Waals surface area contributed by atoms with Crippen molar-refractivity contribution in [2.75, 3.05) is 0 Å². The minimum absolute atomic E-state index is 0.189. The van der Waals surface area contributed by atoms with Crippen molar-refractivity contribution in [3.8, 4) is 5.88 Å². The number of hydrogen-bond donors (Lipinski definition) is 2. The molecule has 1 rings (SSSR count). The molecule has 0 aromatic carbocycles. The number of primary amides is 1. The lowest BCUT2D eigenvalue weighted by Gasteiger charge is -1.96. The molecule has 0 aliphatic heterocycles. The van der Waals surface area contributed by atoms with Gasteiger partial charge >= 0.3 is 0 Å². The van der Waals surface area contributed by atoms with Gasteiger partial charge < -0.3 is 10.8 Å². The van der Waals surface area contributed by atoms with E-state index in [9.17, 15) is 9.18 Å². The van der Waals surface area contributed by atoms with Crippen LogP contribution in [0.25, 0.3) is 0 Å². The Labute approximate surface area is 61.5 Å². The summed E-state index contributed by atoms with van der Waals surface area (Å²) in [6.45, 7) is 0. The Bertz CT molecular complexity index is 301. The van der Waals surface area contributed by atoms with Crippen LogP contribution in [0.2, 0.25) is 0 Å². The third-order valence-corrected chi connectivity index (χ3v) is 1.11. The summed E-state index contributed by atoms with van der Waals surface area (Å²) in [5.41, 5.74) is 4.61. The van der Waals surface area contributed by atoms with E-state index in [0.717, 1.165) is 12.1 Å². The van der Waals surface area contributed by atoms with E-state index in [2.05, 4.69) is 4.98 Å². The highest BCUT2D eigenvalue weighted by atomic mass is 19.1. The van der Waals surface area contributed by atoms with Crippen LogP contribution in [-0.2, 0) is 0 Å². The number of pyridine rings is 1. The van der Waals surface area contributed by atoms with Gasteiger partial charge in [-0.05, 0) is 12.1 Å². The summed E-state index contributed by atoms with van der Waals surface area (Å²) in [4.78, 5) is 13.4. The van der Waals surface area contributed by atoms with Gasteiger partial charge in [-0.1, -0.05) is 0 Å². The summed E-state index contributed by atoms with van der Waals surface area (Å²) in [5.74, 6) is -2.38. The molecule has 0 unspecified atom stereocenters. The number of amides is 1. The molecule has 0 aliphatic rings. The summed E-state index contributed by atoms with van der Waals surface area (Å²) in [6.07, 6.45) is 0. The lowest BCUT2D eigenvalue weighted by Crippen LogP contribution is -2.11. The molecule has 0 atom stereocenters. The number of aromatic nitrogens is 1. The Morgan fingerprint density at radius 2 is 2.27 bits per heavy atom. The molecular formula is C6H5FN2O2. The third kappa shape index (κ3) is 1.43. The Morgan fingerprint density at radius 3 is 2.73 bits per heavy atom. The molecule has 0 radical (unpaired) electrons. The smallest absolute Gasteiger partial charge is 0.254 e. The minimum Gasteiger partial charge on any atom is -0.493 e. The first kappa shape index (κ1) is 7.46. The molecule has 5 heteroatoms. The molecule has 11 heavy (non-hydrogen) atoms. The van der Waals surface area contributed by atoms with Gasteiger partial charge in [0, 0.05) is 0 Å². The van der Waals surface area contributed by atoms with Crippen LogP contribution in [0.4, 0.5) is 4.39 Å². The Balaban J connectivity index is 3.20. The Hall–Kier alpha value is -1.65. The van der Waals surface area contributed by atoms with Gasteiger partial charge in [-0.3, -0.25) is 4.79 Å². The minimum atomic E-state index is -0.854.